The summed E-state index contributed by atoms with van der Waals surface area (Å²) in [5, 5.41) is 3.16. The smallest absolute Gasteiger partial charge is 0.340 e. The number of hydrogen-bond donors (Lipinski definition) is 2. The zero-order valence-electron chi connectivity index (χ0n) is 12.2. The van der Waals surface area contributed by atoms with Crippen LogP contribution in [0.2, 0.25) is 0 Å². The standard InChI is InChI=1S/C16H19N3O2/c1-11-4-3-5-12(10-11)6-8-18-15-14(17)13(7-9-19-15)16(20)21-2/h3-5,7,9-10H,6,8,17H2,1-2H3,(H,18,19). The summed E-state index contributed by atoms with van der Waals surface area (Å²) < 4.78 is 4.68. The maximum atomic E-state index is 11.6. The number of aromatic nitrogens is 1. The molecule has 2 rings (SSSR count). The third-order valence-electron chi connectivity index (χ3n) is 3.18. The Hall–Kier alpha value is -2.56. The number of nitrogens with one attached hydrogen (secondary N) is 1. The van der Waals surface area contributed by atoms with Gasteiger partial charge < -0.3 is 15.8 Å². The number of ether oxygens (including phenoxy) is 1. The van der Waals surface area contributed by atoms with Gasteiger partial charge in [0.15, 0.2) is 0 Å². The number of nitrogens with two attached hydrogens (primary N) is 1. The second kappa shape index (κ2) is 6.74. The highest BCUT2D eigenvalue weighted by Gasteiger charge is 2.13. The number of benzene rings is 1. The third kappa shape index (κ3) is 3.72. The van der Waals surface area contributed by atoms with Crippen molar-refractivity contribution in [2.45, 2.75) is 13.3 Å². The number of nitrogen functional groups attached to an aromatic ring is 1. The number of methoxy groups -OCH3 is 1. The maximum absolute atomic E-state index is 11.6. The number of pyridine rings is 1. The first-order chi connectivity index (χ1) is 10.1. The van der Waals surface area contributed by atoms with Gasteiger partial charge >= 0.3 is 5.97 Å². The van der Waals surface area contributed by atoms with Crippen molar-refractivity contribution < 1.29 is 9.53 Å². The van der Waals surface area contributed by atoms with Crippen molar-refractivity contribution in [2.75, 3.05) is 24.7 Å². The van der Waals surface area contributed by atoms with Gasteiger partial charge in [0.05, 0.1) is 18.4 Å². The lowest BCUT2D eigenvalue weighted by atomic mass is 10.1. The van der Waals surface area contributed by atoms with Gasteiger partial charge in [-0.2, -0.15) is 0 Å². The van der Waals surface area contributed by atoms with Gasteiger partial charge in [0, 0.05) is 12.7 Å². The van der Waals surface area contributed by atoms with E-state index in [4.69, 9.17) is 5.73 Å². The van der Waals surface area contributed by atoms with E-state index >= 15 is 0 Å². The molecule has 0 fully saturated rings. The van der Waals surface area contributed by atoms with Crippen LogP contribution in [0.5, 0.6) is 0 Å². The van der Waals surface area contributed by atoms with Crippen LogP contribution in [-0.2, 0) is 11.2 Å². The van der Waals surface area contributed by atoms with E-state index in [-0.39, 0.29) is 0 Å². The molecule has 1 heterocycles. The van der Waals surface area contributed by atoms with Crippen LogP contribution < -0.4 is 11.1 Å². The van der Waals surface area contributed by atoms with E-state index in [1.807, 2.05) is 6.07 Å². The number of anilines is 2. The Bertz CT molecular complexity index is 641. The monoisotopic (exact) mass is 285 g/mol. The summed E-state index contributed by atoms with van der Waals surface area (Å²) in [6.45, 7) is 2.75. The SMILES string of the molecule is COC(=O)c1ccnc(NCCc2cccc(C)c2)c1N. The van der Waals surface area contributed by atoms with Gasteiger partial charge in [0.25, 0.3) is 0 Å². The molecule has 0 spiro atoms. The van der Waals surface area contributed by atoms with Gasteiger partial charge in [-0.05, 0) is 25.0 Å². The quantitative estimate of drug-likeness (QED) is 0.825. The average Bonchev–Trinajstić information content (AvgIpc) is 2.48. The van der Waals surface area contributed by atoms with Crippen molar-refractivity contribution in [3.05, 3.63) is 53.2 Å². The van der Waals surface area contributed by atoms with Gasteiger partial charge in [0.1, 0.15) is 5.82 Å². The Morgan fingerprint density at radius 2 is 2.19 bits per heavy atom. The van der Waals surface area contributed by atoms with E-state index in [2.05, 4.69) is 40.2 Å². The molecule has 5 heteroatoms. The van der Waals surface area contributed by atoms with E-state index < -0.39 is 5.97 Å². The Balaban J connectivity index is 2.02. The molecule has 21 heavy (non-hydrogen) atoms. The molecule has 3 N–H and O–H groups in total. The Kier molecular flexibility index (Phi) is 4.77. The molecular formula is C16H19N3O2. The molecule has 0 amide bonds. The third-order valence-corrected chi connectivity index (χ3v) is 3.18. The largest absolute Gasteiger partial charge is 0.465 e. The number of rotatable bonds is 5. The van der Waals surface area contributed by atoms with Crippen molar-refractivity contribution in [3.63, 3.8) is 0 Å². The predicted octanol–water partition coefficient (Wildman–Crippen LogP) is 2.41. The van der Waals surface area contributed by atoms with Gasteiger partial charge in [0.2, 0.25) is 0 Å². The van der Waals surface area contributed by atoms with Crippen LogP contribution in [0.15, 0.2) is 36.5 Å². The van der Waals surface area contributed by atoms with E-state index in [0.29, 0.717) is 23.6 Å². The molecule has 110 valence electrons. The summed E-state index contributed by atoms with van der Waals surface area (Å²) >= 11 is 0. The minimum absolute atomic E-state index is 0.314. The molecule has 1 aromatic carbocycles. The molecule has 0 aliphatic rings. The fraction of sp³-hybridized carbons (Fsp3) is 0.250. The van der Waals surface area contributed by atoms with Gasteiger partial charge in [-0.3, -0.25) is 0 Å². The van der Waals surface area contributed by atoms with Crippen LogP contribution in [0.4, 0.5) is 11.5 Å². The van der Waals surface area contributed by atoms with Crippen LogP contribution in [0, 0.1) is 6.92 Å². The molecule has 0 atom stereocenters. The minimum Gasteiger partial charge on any atom is -0.465 e. The predicted molar refractivity (Wildman–Crippen MR) is 83.4 cm³/mol. The van der Waals surface area contributed by atoms with Crippen molar-refractivity contribution in [1.82, 2.24) is 4.98 Å². The molecule has 0 bridgehead atoms. The van der Waals surface area contributed by atoms with Crippen LogP contribution >= 0.6 is 0 Å². The zero-order chi connectivity index (χ0) is 15.2. The molecule has 0 aliphatic carbocycles. The Labute approximate surface area is 124 Å². The molecular weight excluding hydrogens is 266 g/mol. The van der Waals surface area contributed by atoms with E-state index in [0.717, 1.165) is 6.42 Å². The number of hydrogen-bond acceptors (Lipinski definition) is 5. The number of carbonyl (C=O) groups excluding carboxylic acids is 1. The number of esters is 1. The maximum Gasteiger partial charge on any atom is 0.340 e. The summed E-state index contributed by atoms with van der Waals surface area (Å²) in [7, 11) is 1.33. The van der Waals surface area contributed by atoms with Crippen LogP contribution in [0.25, 0.3) is 0 Å². The lowest BCUT2D eigenvalue weighted by Crippen LogP contribution is -2.12. The van der Waals surface area contributed by atoms with Gasteiger partial charge in [-0.15, -0.1) is 0 Å². The molecule has 0 unspecified atom stereocenters. The van der Waals surface area contributed by atoms with Crippen LogP contribution in [0.3, 0.4) is 0 Å². The number of aryl methyl sites for hydroxylation is 1. The normalized spacial score (nSPS) is 10.2. The molecule has 5 nitrogen and oxygen atoms in total. The number of nitrogens with zero attached hydrogens (tertiary/aromatic N) is 1. The lowest BCUT2D eigenvalue weighted by Gasteiger charge is -2.11. The summed E-state index contributed by atoms with van der Waals surface area (Å²) in [6, 6.07) is 9.87. The topological polar surface area (TPSA) is 77.2 Å². The summed E-state index contributed by atoms with van der Waals surface area (Å²) in [4.78, 5) is 15.7. The van der Waals surface area contributed by atoms with Gasteiger partial charge in [-0.25, -0.2) is 9.78 Å². The number of carbonyl (C=O) groups is 1. The van der Waals surface area contributed by atoms with Crippen molar-refractivity contribution in [2.24, 2.45) is 0 Å². The second-order valence-electron chi connectivity index (χ2n) is 4.78. The molecule has 2 aromatic rings. The van der Waals surface area contributed by atoms with Crippen molar-refractivity contribution >= 4 is 17.5 Å². The summed E-state index contributed by atoms with van der Waals surface area (Å²) in [6.07, 6.45) is 2.39. The highest BCUT2D eigenvalue weighted by atomic mass is 16.5. The highest BCUT2D eigenvalue weighted by Crippen LogP contribution is 2.20. The molecule has 0 saturated heterocycles. The first-order valence-corrected chi connectivity index (χ1v) is 6.74. The fourth-order valence-electron chi connectivity index (χ4n) is 2.09. The highest BCUT2D eigenvalue weighted by molar-refractivity contribution is 5.97. The summed E-state index contributed by atoms with van der Waals surface area (Å²) in [5.41, 5.74) is 9.05. The molecule has 0 aliphatic heterocycles. The average molecular weight is 285 g/mol. The fourth-order valence-corrected chi connectivity index (χ4v) is 2.09. The summed E-state index contributed by atoms with van der Waals surface area (Å²) in [5.74, 6) is 0.0437. The van der Waals surface area contributed by atoms with E-state index in [1.54, 1.807) is 6.07 Å². The first kappa shape index (κ1) is 14.8. The Morgan fingerprint density at radius 1 is 1.38 bits per heavy atom. The minimum atomic E-state index is -0.461. The van der Waals surface area contributed by atoms with E-state index in [1.165, 1.54) is 24.4 Å². The molecule has 1 aromatic heterocycles. The molecule has 0 saturated carbocycles. The Morgan fingerprint density at radius 3 is 2.90 bits per heavy atom. The van der Waals surface area contributed by atoms with Crippen molar-refractivity contribution in [3.8, 4) is 0 Å². The first-order valence-electron chi connectivity index (χ1n) is 6.74. The van der Waals surface area contributed by atoms with E-state index in [9.17, 15) is 4.79 Å². The second-order valence-corrected chi connectivity index (χ2v) is 4.78. The van der Waals surface area contributed by atoms with Crippen molar-refractivity contribution in [1.29, 1.82) is 0 Å². The zero-order valence-corrected chi connectivity index (χ0v) is 12.2. The van der Waals surface area contributed by atoms with Gasteiger partial charge in [-0.1, -0.05) is 29.8 Å². The van der Waals surface area contributed by atoms with Crippen LogP contribution in [-0.4, -0.2) is 24.6 Å². The molecule has 0 radical (unpaired) electrons. The lowest BCUT2D eigenvalue weighted by molar-refractivity contribution is 0.0602. The van der Waals surface area contributed by atoms with Crippen LogP contribution in [0.1, 0.15) is 21.5 Å².